The smallest absolute Gasteiger partial charge is 0.336 e. The van der Waals surface area contributed by atoms with Gasteiger partial charge in [0.15, 0.2) is 0 Å². The molecular formula is C26H20N2O4. The average Bonchev–Trinajstić information content (AvgIpc) is 3.09. The second kappa shape index (κ2) is 6.78. The van der Waals surface area contributed by atoms with E-state index >= 15 is 0 Å². The lowest BCUT2D eigenvalue weighted by Gasteiger charge is -2.35. The van der Waals surface area contributed by atoms with Crippen molar-refractivity contribution in [1.29, 1.82) is 0 Å². The van der Waals surface area contributed by atoms with Crippen LogP contribution >= 0.6 is 0 Å². The molecule has 0 fully saturated rings. The van der Waals surface area contributed by atoms with Gasteiger partial charge in [0.05, 0.1) is 22.4 Å². The van der Waals surface area contributed by atoms with E-state index in [0.717, 1.165) is 16.7 Å². The van der Waals surface area contributed by atoms with E-state index in [9.17, 15) is 20.1 Å². The molecule has 6 nitrogen and oxygen atoms in total. The quantitative estimate of drug-likeness (QED) is 0.217. The van der Waals surface area contributed by atoms with Crippen LogP contribution in [0.15, 0.2) is 78.9 Å². The molecule has 32 heavy (non-hydrogen) atoms. The number of nitrogens with two attached hydrogens (primary N) is 2. The maximum atomic E-state index is 12.4. The van der Waals surface area contributed by atoms with E-state index in [1.165, 1.54) is 12.1 Å². The Morgan fingerprint density at radius 2 is 1.28 bits per heavy atom. The van der Waals surface area contributed by atoms with Gasteiger partial charge in [0.25, 0.3) is 0 Å². The lowest BCUT2D eigenvalue weighted by molar-refractivity contribution is 0.0695. The van der Waals surface area contributed by atoms with Crippen molar-refractivity contribution >= 4 is 17.3 Å². The van der Waals surface area contributed by atoms with Crippen LogP contribution in [0.1, 0.15) is 32.6 Å². The zero-order valence-electron chi connectivity index (χ0n) is 16.9. The number of fused-ring (bicyclic) bond motifs is 3. The molecule has 0 unspecified atom stereocenters. The molecule has 0 heterocycles. The zero-order valence-corrected chi connectivity index (χ0v) is 16.9. The normalized spacial score (nSPS) is 13.4. The number of aromatic hydroxyl groups is 2. The standard InChI is InChI=1S/C26H20N2O4/c27-20-12-14(8-10-22(20)29)26(15-9-11-23(30)21(28)13-15)19-7-2-1-4-16(19)17-5-3-6-18(24(17)26)25(31)32/h1-13,29-30H,27-28H2,(H,31,32). The fourth-order valence-electron chi connectivity index (χ4n) is 4.88. The van der Waals surface area contributed by atoms with Crippen molar-refractivity contribution in [2.45, 2.75) is 5.41 Å². The van der Waals surface area contributed by atoms with Gasteiger partial charge in [-0.2, -0.15) is 0 Å². The van der Waals surface area contributed by atoms with E-state index < -0.39 is 11.4 Å². The van der Waals surface area contributed by atoms with Crippen molar-refractivity contribution in [2.24, 2.45) is 0 Å². The first-order chi connectivity index (χ1) is 15.4. The van der Waals surface area contributed by atoms with Crippen LogP contribution in [-0.2, 0) is 5.41 Å². The minimum atomic E-state index is -1.08. The predicted octanol–water partition coefficient (Wildman–Crippen LogP) is 4.32. The molecule has 0 aromatic heterocycles. The summed E-state index contributed by atoms with van der Waals surface area (Å²) in [6.07, 6.45) is 0. The lowest BCUT2D eigenvalue weighted by Crippen LogP contribution is -2.30. The van der Waals surface area contributed by atoms with Crippen LogP contribution in [-0.4, -0.2) is 21.3 Å². The largest absolute Gasteiger partial charge is 0.506 e. The summed E-state index contributed by atoms with van der Waals surface area (Å²) in [7, 11) is 0. The fraction of sp³-hybridized carbons (Fsp3) is 0.0385. The summed E-state index contributed by atoms with van der Waals surface area (Å²) in [4.78, 5) is 12.4. The van der Waals surface area contributed by atoms with Crippen LogP contribution in [0.25, 0.3) is 11.1 Å². The molecule has 0 bridgehead atoms. The molecule has 4 aromatic rings. The summed E-state index contributed by atoms with van der Waals surface area (Å²) in [6.45, 7) is 0. The Bertz CT molecular complexity index is 1360. The molecule has 1 aliphatic rings. The number of hydrogen-bond acceptors (Lipinski definition) is 5. The van der Waals surface area contributed by atoms with Crippen LogP contribution < -0.4 is 11.5 Å². The maximum Gasteiger partial charge on any atom is 0.336 e. The summed E-state index contributed by atoms with van der Waals surface area (Å²) in [5.41, 5.74) is 16.1. The van der Waals surface area contributed by atoms with E-state index in [1.54, 1.807) is 36.4 Å². The molecule has 1 aliphatic carbocycles. The molecule has 0 aliphatic heterocycles. The van der Waals surface area contributed by atoms with Gasteiger partial charge in [0.1, 0.15) is 11.5 Å². The highest BCUT2D eigenvalue weighted by Crippen LogP contribution is 2.58. The van der Waals surface area contributed by atoms with Crippen molar-refractivity contribution in [3.8, 4) is 22.6 Å². The number of nitrogen functional groups attached to an aromatic ring is 2. The van der Waals surface area contributed by atoms with Crippen LogP contribution in [0.5, 0.6) is 11.5 Å². The number of hydrogen-bond donors (Lipinski definition) is 5. The topological polar surface area (TPSA) is 130 Å². The molecule has 5 rings (SSSR count). The molecule has 4 aromatic carbocycles. The van der Waals surface area contributed by atoms with Gasteiger partial charge in [-0.25, -0.2) is 4.79 Å². The van der Waals surface area contributed by atoms with E-state index in [4.69, 9.17) is 11.5 Å². The van der Waals surface area contributed by atoms with Crippen LogP contribution in [0.4, 0.5) is 11.4 Å². The Balaban J connectivity index is 2.03. The van der Waals surface area contributed by atoms with Crippen molar-refractivity contribution in [3.63, 3.8) is 0 Å². The summed E-state index contributed by atoms with van der Waals surface area (Å²) >= 11 is 0. The van der Waals surface area contributed by atoms with Crippen molar-refractivity contribution in [1.82, 2.24) is 0 Å². The van der Waals surface area contributed by atoms with Gasteiger partial charge < -0.3 is 26.8 Å². The molecule has 0 amide bonds. The zero-order chi connectivity index (χ0) is 22.6. The number of carboxylic acid groups (broad SMARTS) is 1. The van der Waals surface area contributed by atoms with E-state index in [0.29, 0.717) is 16.7 Å². The number of rotatable bonds is 3. The molecular weight excluding hydrogens is 404 g/mol. The third kappa shape index (κ3) is 2.50. The number of carbonyl (C=O) groups is 1. The van der Waals surface area contributed by atoms with E-state index in [-0.39, 0.29) is 28.4 Å². The summed E-state index contributed by atoms with van der Waals surface area (Å²) in [6, 6.07) is 22.7. The molecule has 0 radical (unpaired) electrons. The minimum absolute atomic E-state index is 0.0628. The highest BCUT2D eigenvalue weighted by molar-refractivity contribution is 5.98. The number of aromatic carboxylic acids is 1. The van der Waals surface area contributed by atoms with Crippen LogP contribution in [0, 0.1) is 0 Å². The van der Waals surface area contributed by atoms with Gasteiger partial charge >= 0.3 is 5.97 Å². The number of phenols is 2. The van der Waals surface area contributed by atoms with Crippen LogP contribution in [0.3, 0.4) is 0 Å². The summed E-state index contributed by atoms with van der Waals surface area (Å²) in [5.74, 6) is -1.18. The third-order valence-electron chi connectivity index (χ3n) is 6.21. The average molecular weight is 424 g/mol. The monoisotopic (exact) mass is 424 g/mol. The van der Waals surface area contributed by atoms with Gasteiger partial charge in [-0.3, -0.25) is 0 Å². The fourth-order valence-corrected chi connectivity index (χ4v) is 4.88. The van der Waals surface area contributed by atoms with Gasteiger partial charge in [-0.05, 0) is 63.7 Å². The van der Waals surface area contributed by atoms with Gasteiger partial charge in [0.2, 0.25) is 0 Å². The first kappa shape index (κ1) is 19.5. The first-order valence-electron chi connectivity index (χ1n) is 10.00. The van der Waals surface area contributed by atoms with Crippen molar-refractivity contribution in [3.05, 3.63) is 107 Å². The summed E-state index contributed by atoms with van der Waals surface area (Å²) in [5, 5.41) is 30.3. The van der Waals surface area contributed by atoms with Gasteiger partial charge in [-0.15, -0.1) is 0 Å². The van der Waals surface area contributed by atoms with Crippen molar-refractivity contribution < 1.29 is 20.1 Å². The first-order valence-corrected chi connectivity index (χ1v) is 10.00. The van der Waals surface area contributed by atoms with Crippen molar-refractivity contribution in [2.75, 3.05) is 11.5 Å². The second-order valence-electron chi connectivity index (χ2n) is 7.88. The second-order valence-corrected chi connectivity index (χ2v) is 7.88. The Kier molecular flexibility index (Phi) is 4.14. The Morgan fingerprint density at radius 3 is 1.84 bits per heavy atom. The minimum Gasteiger partial charge on any atom is -0.506 e. The lowest BCUT2D eigenvalue weighted by atomic mass is 9.66. The third-order valence-corrected chi connectivity index (χ3v) is 6.21. The van der Waals surface area contributed by atoms with E-state index in [1.807, 2.05) is 30.3 Å². The molecule has 0 saturated heterocycles. The maximum absolute atomic E-state index is 12.4. The Hall–Kier alpha value is -4.45. The van der Waals surface area contributed by atoms with Gasteiger partial charge in [-0.1, -0.05) is 48.5 Å². The number of anilines is 2. The SMILES string of the molecule is Nc1cc(C2(c3ccc(O)c(N)c3)c3ccccc3-c3cccc(C(=O)O)c32)ccc1O. The molecule has 0 atom stereocenters. The van der Waals surface area contributed by atoms with Gasteiger partial charge in [0, 0.05) is 0 Å². The molecule has 7 N–H and O–H groups in total. The number of phenolic OH excluding ortho intramolecular Hbond substituents is 2. The molecule has 6 heteroatoms. The molecule has 158 valence electrons. The highest BCUT2D eigenvalue weighted by atomic mass is 16.4. The summed E-state index contributed by atoms with van der Waals surface area (Å²) < 4.78 is 0. The number of carboxylic acids is 1. The molecule has 0 spiro atoms. The highest BCUT2D eigenvalue weighted by Gasteiger charge is 2.48. The molecule has 0 saturated carbocycles. The predicted molar refractivity (Wildman–Crippen MR) is 123 cm³/mol. The Morgan fingerprint density at radius 1 is 0.719 bits per heavy atom. The Labute approximate surface area is 184 Å². The number of benzene rings is 4. The van der Waals surface area contributed by atoms with Crippen LogP contribution in [0.2, 0.25) is 0 Å². The van der Waals surface area contributed by atoms with E-state index in [2.05, 4.69) is 0 Å².